The van der Waals surface area contributed by atoms with Crippen LogP contribution < -0.4 is 25.0 Å². The number of nitrogens with zero attached hydrogens (tertiary/aromatic N) is 3. The van der Waals surface area contributed by atoms with Crippen molar-refractivity contribution < 1.29 is 42.9 Å². The number of amides is 4. The molecule has 5 aromatic rings. The summed E-state index contributed by atoms with van der Waals surface area (Å²) < 4.78 is 23.4. The number of aromatic amines is 2. The van der Waals surface area contributed by atoms with Crippen LogP contribution >= 0.6 is 11.6 Å². The van der Waals surface area contributed by atoms with Crippen molar-refractivity contribution in [2.45, 2.75) is 65.5 Å². The molecular weight excluding hydrogens is 890 g/mol. The van der Waals surface area contributed by atoms with E-state index < -0.39 is 12.0 Å². The van der Waals surface area contributed by atoms with Crippen LogP contribution in [0.4, 0.5) is 11.4 Å². The number of nitrogens with one attached hydrogen (secondary N) is 4. The van der Waals surface area contributed by atoms with Crippen molar-refractivity contribution in [2.75, 3.05) is 89.4 Å². The van der Waals surface area contributed by atoms with Gasteiger partial charge in [0.2, 0.25) is 11.8 Å². The Morgan fingerprint density at radius 3 is 2.35 bits per heavy atom. The number of ether oxygens (including phenoxy) is 4. The molecule has 4 N–H and O–H groups in total. The predicted octanol–water partition coefficient (Wildman–Crippen LogP) is 7.12. The molecule has 0 spiro atoms. The van der Waals surface area contributed by atoms with Crippen LogP contribution in [0.25, 0.3) is 21.8 Å². The number of alkyl halides is 1. The Labute approximate surface area is 402 Å². The first-order valence-electron chi connectivity index (χ1n) is 23.5. The highest BCUT2D eigenvalue weighted by atomic mass is 35.5. The molecule has 0 bridgehead atoms. The van der Waals surface area contributed by atoms with Gasteiger partial charge in [-0.2, -0.15) is 0 Å². The van der Waals surface area contributed by atoms with E-state index in [1.165, 1.54) is 0 Å². The fourth-order valence-electron chi connectivity index (χ4n) is 8.54. The Hall–Kier alpha value is -5.94. The zero-order chi connectivity index (χ0) is 48.5. The van der Waals surface area contributed by atoms with E-state index in [1.807, 2.05) is 88.3 Å². The molecule has 7 rings (SSSR count). The minimum absolute atomic E-state index is 0.0365. The fourth-order valence-corrected chi connectivity index (χ4v) is 8.79. The van der Waals surface area contributed by atoms with Gasteiger partial charge in [-0.25, -0.2) is 0 Å². The Kier molecular flexibility index (Phi) is 16.8. The molecule has 0 saturated carbocycles. The Morgan fingerprint density at radius 2 is 1.65 bits per heavy atom. The molecule has 0 unspecified atom stereocenters. The maximum Gasteiger partial charge on any atom is 0.274 e. The molecule has 2 aromatic heterocycles. The van der Waals surface area contributed by atoms with Crippen molar-refractivity contribution in [3.05, 3.63) is 83.2 Å². The highest BCUT2D eigenvalue weighted by molar-refractivity contribution is 6.19. The average Bonchev–Trinajstić information content (AvgIpc) is 4.07. The van der Waals surface area contributed by atoms with Crippen LogP contribution in [0.3, 0.4) is 0 Å². The predicted molar refractivity (Wildman–Crippen MR) is 263 cm³/mol. The lowest BCUT2D eigenvalue weighted by Crippen LogP contribution is -2.45. The van der Waals surface area contributed by atoms with Crippen molar-refractivity contribution in [1.82, 2.24) is 25.1 Å². The maximum absolute atomic E-state index is 14.5. The highest BCUT2D eigenvalue weighted by Gasteiger charge is 2.37. The first-order chi connectivity index (χ1) is 32.7. The van der Waals surface area contributed by atoms with Crippen LogP contribution in [-0.2, 0) is 30.5 Å². The summed E-state index contributed by atoms with van der Waals surface area (Å²) in [4.78, 5) is 79.6. The second-order valence-electron chi connectivity index (χ2n) is 18.2. The molecule has 3 atom stereocenters. The van der Waals surface area contributed by atoms with Gasteiger partial charge >= 0.3 is 0 Å². The van der Waals surface area contributed by atoms with Gasteiger partial charge in [0, 0.05) is 91.4 Å². The highest BCUT2D eigenvalue weighted by Crippen LogP contribution is 2.46. The first-order valence-corrected chi connectivity index (χ1v) is 24.0. The number of halogens is 1. The number of rotatable bonds is 22. The van der Waals surface area contributed by atoms with Gasteiger partial charge in [0.1, 0.15) is 36.1 Å². The third-order valence-electron chi connectivity index (χ3n) is 12.3. The summed E-state index contributed by atoms with van der Waals surface area (Å²) >= 11 is 6.66. The van der Waals surface area contributed by atoms with E-state index in [4.69, 9.17) is 30.5 Å². The molecule has 17 heteroatoms. The standard InChI is InChI=1S/C51H64ClN7O9/c1-7-18-65-19-14-45(61)56-47(31(2)3)43(60)23-32(4)49(62)53-36-10-8-33(9-11-36)30-68-44-27-42-46(38-26-41(55-48(38)44)50(63)58-16-20-66-21-17-58)35(28-52)29-59(42)51(64)40-25-34-24-37(12-13-39(34)54-40)67-22-15-57(5)6/h8-13,24-27,31-32,35,47,54-55H,7,14-23,28-30H2,1-6H3,(H,53,62)(H,56,61)/t32-,35+,47+/m0/s1. The van der Waals surface area contributed by atoms with Crippen LogP contribution in [0.5, 0.6) is 11.5 Å². The number of fused-ring (bicyclic) bond motifs is 4. The normalized spacial score (nSPS) is 15.8. The first kappa shape index (κ1) is 50.0. The molecule has 2 aliphatic heterocycles. The summed E-state index contributed by atoms with van der Waals surface area (Å²) in [5, 5.41) is 7.33. The van der Waals surface area contributed by atoms with Crippen LogP contribution in [0.1, 0.15) is 85.0 Å². The van der Waals surface area contributed by atoms with Crippen molar-refractivity contribution in [3.8, 4) is 11.5 Å². The molecule has 1 fully saturated rings. The third kappa shape index (κ3) is 12.0. The number of benzene rings is 3. The lowest BCUT2D eigenvalue weighted by atomic mass is 9.92. The van der Waals surface area contributed by atoms with Gasteiger partial charge in [0.25, 0.3) is 11.8 Å². The molecule has 68 heavy (non-hydrogen) atoms. The number of aromatic nitrogens is 2. The van der Waals surface area contributed by atoms with Crippen LogP contribution in [0.15, 0.2) is 60.7 Å². The topological polar surface area (TPSA) is 188 Å². The summed E-state index contributed by atoms with van der Waals surface area (Å²) in [7, 11) is 3.98. The Balaban J connectivity index is 1.08. The van der Waals surface area contributed by atoms with Crippen LogP contribution in [-0.4, -0.2) is 134 Å². The SMILES string of the molecule is CCCOCCC(=O)N[C@@H](C(=O)C[C@H](C)C(=O)Nc1ccc(COc2cc3c(c4cc(C(=O)N5CCOCC5)[nH]c24)[C@H](CCl)CN3C(=O)c2cc3cc(OCCN(C)C)ccc3[nH]2)cc1)C(C)C. The van der Waals surface area contributed by atoms with Gasteiger partial charge in [0.05, 0.1) is 37.1 Å². The molecule has 16 nitrogen and oxygen atoms in total. The molecular formula is C51H64ClN7O9. The summed E-state index contributed by atoms with van der Waals surface area (Å²) in [6, 6.07) is 17.7. The molecule has 364 valence electrons. The molecule has 0 aliphatic carbocycles. The van der Waals surface area contributed by atoms with Gasteiger partial charge in [0.15, 0.2) is 5.78 Å². The van der Waals surface area contributed by atoms with E-state index in [0.717, 1.165) is 40.4 Å². The molecule has 3 aromatic carbocycles. The minimum Gasteiger partial charge on any atom is -0.492 e. The van der Waals surface area contributed by atoms with Crippen molar-refractivity contribution in [2.24, 2.45) is 11.8 Å². The minimum atomic E-state index is -0.713. The number of carbonyl (C=O) groups is 5. The fraction of sp³-hybridized carbons (Fsp3) is 0.471. The average molecular weight is 955 g/mol. The molecule has 2 aliphatic rings. The second kappa shape index (κ2) is 22.9. The largest absolute Gasteiger partial charge is 0.492 e. The van der Waals surface area contributed by atoms with E-state index in [-0.39, 0.29) is 73.2 Å². The lowest BCUT2D eigenvalue weighted by Gasteiger charge is -2.26. The summed E-state index contributed by atoms with van der Waals surface area (Å²) in [5.41, 5.74) is 5.05. The molecule has 4 heterocycles. The number of likely N-dealkylation sites (N-methyl/N-ethyl adjacent to an activating group) is 1. The van der Waals surface area contributed by atoms with Gasteiger partial charge in [-0.15, -0.1) is 11.6 Å². The van der Waals surface area contributed by atoms with Crippen molar-refractivity contribution in [3.63, 3.8) is 0 Å². The number of carbonyl (C=O) groups excluding carboxylic acids is 5. The number of Topliss-reactive ketones (excluding diaryl/α,β-unsaturated/α-hetero) is 1. The van der Waals surface area contributed by atoms with Gasteiger partial charge in [-0.3, -0.25) is 24.0 Å². The molecule has 0 radical (unpaired) electrons. The van der Waals surface area contributed by atoms with Crippen LogP contribution in [0, 0.1) is 11.8 Å². The summed E-state index contributed by atoms with van der Waals surface area (Å²) in [5.74, 6) is -0.812. The zero-order valence-corrected chi connectivity index (χ0v) is 40.6. The van der Waals surface area contributed by atoms with Crippen molar-refractivity contribution >= 4 is 74.2 Å². The quantitative estimate of drug-likeness (QED) is 0.0411. The monoisotopic (exact) mass is 953 g/mol. The second-order valence-corrected chi connectivity index (χ2v) is 18.5. The lowest BCUT2D eigenvalue weighted by molar-refractivity contribution is -0.131. The molecule has 4 amide bonds. The van der Waals surface area contributed by atoms with E-state index >= 15 is 0 Å². The number of ketones is 1. The maximum atomic E-state index is 14.5. The van der Waals surface area contributed by atoms with Crippen LogP contribution in [0.2, 0.25) is 0 Å². The zero-order valence-electron chi connectivity index (χ0n) is 39.9. The van der Waals surface area contributed by atoms with Gasteiger partial charge < -0.3 is 54.2 Å². The number of H-pyrrole nitrogens is 2. The van der Waals surface area contributed by atoms with E-state index in [1.54, 1.807) is 28.9 Å². The van der Waals surface area contributed by atoms with Gasteiger partial charge in [-0.05, 0) is 80.0 Å². The van der Waals surface area contributed by atoms with Gasteiger partial charge in [-0.1, -0.05) is 39.8 Å². The number of anilines is 2. The summed E-state index contributed by atoms with van der Waals surface area (Å²) in [6.07, 6.45) is 0.977. The number of hydrogen-bond acceptors (Lipinski definition) is 10. The smallest absolute Gasteiger partial charge is 0.274 e. The van der Waals surface area contributed by atoms with E-state index in [2.05, 4.69) is 20.6 Å². The Morgan fingerprint density at radius 1 is 0.897 bits per heavy atom. The Bertz CT molecular complexity index is 2580. The van der Waals surface area contributed by atoms with E-state index in [9.17, 15) is 24.0 Å². The molecule has 1 saturated heterocycles. The number of morpholine rings is 1. The number of hydrogen-bond donors (Lipinski definition) is 4. The summed E-state index contributed by atoms with van der Waals surface area (Å²) in [6.45, 7) is 11.9. The third-order valence-corrected chi connectivity index (χ3v) is 12.7. The van der Waals surface area contributed by atoms with Crippen molar-refractivity contribution in [1.29, 1.82) is 0 Å². The van der Waals surface area contributed by atoms with E-state index in [0.29, 0.717) is 85.8 Å².